The van der Waals surface area contributed by atoms with Crippen molar-refractivity contribution in [3.05, 3.63) is 17.3 Å². The number of rotatable bonds is 4. The van der Waals surface area contributed by atoms with E-state index in [1.807, 2.05) is 12.1 Å². The summed E-state index contributed by atoms with van der Waals surface area (Å²) in [6.45, 7) is 11.2. The quantitative estimate of drug-likeness (QED) is 0.802. The van der Waals surface area contributed by atoms with Gasteiger partial charge >= 0.3 is 0 Å². The zero-order chi connectivity index (χ0) is 18.7. The summed E-state index contributed by atoms with van der Waals surface area (Å²) < 4.78 is 6.19. The Bertz CT molecular complexity index is 596. The van der Waals surface area contributed by atoms with Gasteiger partial charge in [-0.2, -0.15) is 0 Å². The van der Waals surface area contributed by atoms with Gasteiger partial charge in [0.15, 0.2) is 0 Å². The summed E-state index contributed by atoms with van der Waals surface area (Å²) in [5.74, 6) is 1.65. The molecule has 0 radical (unpaired) electrons. The van der Waals surface area contributed by atoms with Crippen LogP contribution in [0.1, 0.15) is 46.5 Å². The van der Waals surface area contributed by atoms with Crippen LogP contribution in [-0.2, 0) is 0 Å². The number of hydrogen-bond donors (Lipinski definition) is 1. The summed E-state index contributed by atoms with van der Waals surface area (Å²) in [5, 5.41) is 4.07. The molecule has 2 aliphatic heterocycles. The lowest BCUT2D eigenvalue weighted by atomic mass is 9.98. The molecule has 2 saturated heterocycles. The summed E-state index contributed by atoms with van der Waals surface area (Å²) in [4.78, 5) is 9.35. The van der Waals surface area contributed by atoms with Crippen molar-refractivity contribution in [2.75, 3.05) is 38.5 Å². The van der Waals surface area contributed by atoms with Crippen molar-refractivity contribution in [3.63, 3.8) is 0 Å². The molecule has 146 valence electrons. The van der Waals surface area contributed by atoms with Gasteiger partial charge in [0.1, 0.15) is 22.8 Å². The number of anilines is 1. The fourth-order valence-corrected chi connectivity index (χ4v) is 4.02. The van der Waals surface area contributed by atoms with Gasteiger partial charge in [0.05, 0.1) is 0 Å². The maximum atomic E-state index is 6.26. The van der Waals surface area contributed by atoms with E-state index in [0.717, 1.165) is 57.0 Å². The molecule has 1 aromatic heterocycles. The zero-order valence-electron chi connectivity index (χ0n) is 16.6. The highest BCUT2D eigenvalue weighted by atomic mass is 35.5. The van der Waals surface area contributed by atoms with E-state index >= 15 is 0 Å². The second kappa shape index (κ2) is 8.32. The first-order chi connectivity index (χ1) is 12.3. The first-order valence-electron chi connectivity index (χ1n) is 9.84. The maximum Gasteiger partial charge on any atom is 0.135 e. The van der Waals surface area contributed by atoms with Gasteiger partial charge < -0.3 is 15.0 Å². The lowest BCUT2D eigenvalue weighted by molar-refractivity contribution is 0.104. The van der Waals surface area contributed by atoms with Crippen LogP contribution in [0.15, 0.2) is 12.1 Å². The van der Waals surface area contributed by atoms with Gasteiger partial charge in [-0.15, -0.1) is 0 Å². The Morgan fingerprint density at radius 3 is 2.58 bits per heavy atom. The minimum atomic E-state index is 0.199. The van der Waals surface area contributed by atoms with E-state index in [4.69, 9.17) is 16.3 Å². The first-order valence-corrected chi connectivity index (χ1v) is 10.2. The fourth-order valence-electron chi connectivity index (χ4n) is 3.82. The predicted molar refractivity (Wildman–Crippen MR) is 108 cm³/mol. The molecule has 1 N–H and O–H groups in total. The predicted octanol–water partition coefficient (Wildman–Crippen LogP) is 3.88. The molecule has 0 amide bonds. The SMILES string of the molecule is CN1CCC(Oc2cc(Cl)nc(N[C@H]3CCCN(C(C)(C)C)C3)c2)CC1. The van der Waals surface area contributed by atoms with Crippen molar-refractivity contribution in [2.45, 2.75) is 64.1 Å². The lowest BCUT2D eigenvalue weighted by Gasteiger charge is -2.41. The van der Waals surface area contributed by atoms with Crippen molar-refractivity contribution in [1.82, 2.24) is 14.8 Å². The number of aromatic nitrogens is 1. The molecule has 3 heterocycles. The molecule has 0 aliphatic carbocycles. The molecule has 5 nitrogen and oxygen atoms in total. The van der Waals surface area contributed by atoms with Gasteiger partial charge in [-0.1, -0.05) is 11.6 Å². The van der Waals surface area contributed by atoms with Gasteiger partial charge in [0, 0.05) is 43.3 Å². The van der Waals surface area contributed by atoms with Gasteiger partial charge in [-0.25, -0.2) is 4.98 Å². The van der Waals surface area contributed by atoms with Gasteiger partial charge in [-0.3, -0.25) is 4.90 Å². The van der Waals surface area contributed by atoms with Gasteiger partial charge in [0.25, 0.3) is 0 Å². The smallest absolute Gasteiger partial charge is 0.135 e. The van der Waals surface area contributed by atoms with Gasteiger partial charge in [-0.05, 0) is 60.0 Å². The number of pyridine rings is 1. The summed E-state index contributed by atoms with van der Waals surface area (Å²) in [6.07, 6.45) is 4.74. The molecular formula is C20H33ClN4O. The number of piperidine rings is 2. The Hall–Kier alpha value is -1.04. The summed E-state index contributed by atoms with van der Waals surface area (Å²) in [6, 6.07) is 4.22. The second-order valence-corrected chi connectivity index (χ2v) is 9.12. The molecule has 1 aromatic rings. The van der Waals surface area contributed by atoms with Crippen LogP contribution < -0.4 is 10.1 Å². The number of nitrogens with one attached hydrogen (secondary N) is 1. The highest BCUT2D eigenvalue weighted by Gasteiger charge is 2.28. The normalized spacial score (nSPS) is 23.8. The van der Waals surface area contributed by atoms with Crippen LogP contribution in [0.5, 0.6) is 5.75 Å². The molecule has 0 bridgehead atoms. The Morgan fingerprint density at radius 2 is 1.88 bits per heavy atom. The van der Waals surface area contributed by atoms with Crippen LogP contribution in [0.2, 0.25) is 5.15 Å². The van der Waals surface area contributed by atoms with E-state index in [-0.39, 0.29) is 11.6 Å². The standard InChI is InChI=1S/C20H33ClN4O/c1-20(2,3)25-9-5-6-15(14-25)22-19-13-17(12-18(21)23-19)26-16-7-10-24(4)11-8-16/h12-13,15-16H,5-11,14H2,1-4H3,(H,22,23)/t15-/m0/s1. The van der Waals surface area contributed by atoms with E-state index in [1.165, 1.54) is 6.42 Å². The third kappa shape index (κ3) is 5.48. The van der Waals surface area contributed by atoms with E-state index in [2.05, 4.69) is 47.9 Å². The average Bonchev–Trinajstić information content (AvgIpc) is 2.56. The zero-order valence-corrected chi connectivity index (χ0v) is 17.4. The molecule has 6 heteroatoms. The Kier molecular flexibility index (Phi) is 6.31. The van der Waals surface area contributed by atoms with E-state index in [0.29, 0.717) is 11.2 Å². The molecule has 2 aliphatic rings. The lowest BCUT2D eigenvalue weighted by Crippen LogP contribution is -2.50. The molecule has 0 unspecified atom stereocenters. The summed E-state index contributed by atoms with van der Waals surface area (Å²) in [5.41, 5.74) is 0.199. The van der Waals surface area contributed by atoms with Crippen LogP contribution in [0.25, 0.3) is 0 Å². The molecule has 0 aromatic carbocycles. The minimum Gasteiger partial charge on any atom is -0.490 e. The van der Waals surface area contributed by atoms with Crippen molar-refractivity contribution in [1.29, 1.82) is 0 Å². The third-order valence-corrected chi connectivity index (χ3v) is 5.65. The highest BCUT2D eigenvalue weighted by molar-refractivity contribution is 6.29. The average molecular weight is 381 g/mol. The minimum absolute atomic E-state index is 0.199. The van der Waals surface area contributed by atoms with Crippen LogP contribution in [0, 0.1) is 0 Å². The highest BCUT2D eigenvalue weighted by Crippen LogP contribution is 2.27. The molecule has 0 saturated carbocycles. The number of nitrogens with zero attached hydrogens (tertiary/aromatic N) is 3. The Labute approximate surface area is 163 Å². The largest absolute Gasteiger partial charge is 0.490 e. The van der Waals surface area contributed by atoms with Crippen LogP contribution in [0.4, 0.5) is 5.82 Å². The summed E-state index contributed by atoms with van der Waals surface area (Å²) in [7, 11) is 2.16. The third-order valence-electron chi connectivity index (χ3n) is 5.46. The van der Waals surface area contributed by atoms with Crippen LogP contribution in [-0.4, -0.2) is 65.7 Å². The molecule has 2 fully saturated rings. The fraction of sp³-hybridized carbons (Fsp3) is 0.750. The Balaban J connectivity index is 1.62. The number of likely N-dealkylation sites (tertiary alicyclic amines) is 2. The van der Waals surface area contributed by atoms with E-state index in [1.54, 1.807) is 0 Å². The molecular weight excluding hydrogens is 348 g/mol. The van der Waals surface area contributed by atoms with Crippen LogP contribution in [0.3, 0.4) is 0 Å². The number of halogens is 1. The van der Waals surface area contributed by atoms with Crippen molar-refractivity contribution < 1.29 is 4.74 Å². The van der Waals surface area contributed by atoms with E-state index < -0.39 is 0 Å². The first kappa shape index (κ1) is 19.7. The molecule has 26 heavy (non-hydrogen) atoms. The van der Waals surface area contributed by atoms with Gasteiger partial charge in [0.2, 0.25) is 0 Å². The van der Waals surface area contributed by atoms with E-state index in [9.17, 15) is 0 Å². The Morgan fingerprint density at radius 1 is 1.15 bits per heavy atom. The molecule has 0 spiro atoms. The van der Waals surface area contributed by atoms with Crippen molar-refractivity contribution in [2.24, 2.45) is 0 Å². The number of hydrogen-bond acceptors (Lipinski definition) is 5. The topological polar surface area (TPSA) is 40.6 Å². The van der Waals surface area contributed by atoms with Crippen molar-refractivity contribution >= 4 is 17.4 Å². The van der Waals surface area contributed by atoms with Crippen molar-refractivity contribution in [3.8, 4) is 5.75 Å². The van der Waals surface area contributed by atoms with Crippen LogP contribution >= 0.6 is 11.6 Å². The second-order valence-electron chi connectivity index (χ2n) is 8.73. The number of ether oxygens (including phenoxy) is 1. The molecule has 1 atom stereocenters. The molecule has 3 rings (SSSR count). The summed E-state index contributed by atoms with van der Waals surface area (Å²) >= 11 is 6.26. The maximum absolute atomic E-state index is 6.26. The monoisotopic (exact) mass is 380 g/mol.